The lowest BCUT2D eigenvalue weighted by Crippen LogP contribution is -2.06. The van der Waals surface area contributed by atoms with Gasteiger partial charge in [-0.05, 0) is 25.1 Å². The van der Waals surface area contributed by atoms with Gasteiger partial charge in [-0.2, -0.15) is 13.2 Å². The number of aromatic nitrogens is 2. The van der Waals surface area contributed by atoms with E-state index in [9.17, 15) is 18.0 Å². The van der Waals surface area contributed by atoms with Crippen LogP contribution in [0.2, 0.25) is 0 Å². The Morgan fingerprint density at radius 1 is 1.38 bits per heavy atom. The van der Waals surface area contributed by atoms with E-state index in [1.165, 1.54) is 25.1 Å². The smallest absolute Gasteiger partial charge is 0.334 e. The predicted molar refractivity (Wildman–Crippen MR) is 51.1 cm³/mol. The number of H-pyrrole nitrogens is 1. The largest absolute Gasteiger partial charge is 0.449 e. The Balaban J connectivity index is 2.59. The number of ketones is 1. The summed E-state index contributed by atoms with van der Waals surface area (Å²) < 4.78 is 37.0. The standard InChI is InChI=1S/C10H7F3N2O/c1-5(16)6-2-3-7-8(4-6)15-9(14-7)10(11,12)13/h2-4H,1H3,(H,14,15). The molecule has 0 fully saturated rings. The second kappa shape index (κ2) is 3.33. The molecule has 0 atom stereocenters. The molecule has 0 saturated heterocycles. The fourth-order valence-corrected chi connectivity index (χ4v) is 1.36. The van der Waals surface area contributed by atoms with Crippen LogP contribution in [-0.4, -0.2) is 15.8 Å². The van der Waals surface area contributed by atoms with Crippen LogP contribution in [-0.2, 0) is 6.18 Å². The van der Waals surface area contributed by atoms with Gasteiger partial charge in [0.1, 0.15) is 0 Å². The lowest BCUT2D eigenvalue weighted by atomic mass is 10.1. The number of nitrogens with zero attached hydrogens (tertiary/aromatic N) is 1. The van der Waals surface area contributed by atoms with Crippen LogP contribution in [0.25, 0.3) is 11.0 Å². The number of rotatable bonds is 1. The molecule has 2 rings (SSSR count). The summed E-state index contributed by atoms with van der Waals surface area (Å²) in [7, 11) is 0. The average Bonchev–Trinajstić information content (AvgIpc) is 2.58. The molecule has 0 aliphatic heterocycles. The third kappa shape index (κ3) is 1.78. The van der Waals surface area contributed by atoms with E-state index in [0.29, 0.717) is 5.56 Å². The molecule has 1 N–H and O–H groups in total. The summed E-state index contributed by atoms with van der Waals surface area (Å²) in [5.74, 6) is -1.26. The van der Waals surface area contributed by atoms with Crippen molar-refractivity contribution in [2.24, 2.45) is 0 Å². The molecule has 0 radical (unpaired) electrons. The van der Waals surface area contributed by atoms with Crippen LogP contribution in [0.3, 0.4) is 0 Å². The van der Waals surface area contributed by atoms with E-state index >= 15 is 0 Å². The number of carbonyl (C=O) groups is 1. The summed E-state index contributed by atoms with van der Waals surface area (Å²) in [6.07, 6.45) is -4.50. The Labute approximate surface area is 88.3 Å². The molecule has 0 amide bonds. The van der Waals surface area contributed by atoms with Gasteiger partial charge in [0, 0.05) is 5.56 Å². The second-order valence-electron chi connectivity index (χ2n) is 3.37. The van der Waals surface area contributed by atoms with Crippen molar-refractivity contribution in [2.75, 3.05) is 0 Å². The van der Waals surface area contributed by atoms with Crippen LogP contribution in [0.1, 0.15) is 23.1 Å². The fourth-order valence-electron chi connectivity index (χ4n) is 1.36. The van der Waals surface area contributed by atoms with Crippen LogP contribution in [0.4, 0.5) is 13.2 Å². The highest BCUT2D eigenvalue weighted by Crippen LogP contribution is 2.28. The molecular formula is C10H7F3N2O. The number of carbonyl (C=O) groups excluding carboxylic acids is 1. The number of benzene rings is 1. The number of nitrogens with one attached hydrogen (secondary N) is 1. The molecule has 0 unspecified atom stereocenters. The van der Waals surface area contributed by atoms with Crippen molar-refractivity contribution in [2.45, 2.75) is 13.1 Å². The van der Waals surface area contributed by atoms with Gasteiger partial charge in [0.25, 0.3) is 0 Å². The Morgan fingerprint density at radius 3 is 2.62 bits per heavy atom. The normalized spacial score (nSPS) is 12.0. The highest BCUT2D eigenvalue weighted by atomic mass is 19.4. The molecular weight excluding hydrogens is 221 g/mol. The molecule has 2 aromatic rings. The van der Waals surface area contributed by atoms with Crippen LogP contribution >= 0.6 is 0 Å². The maximum absolute atomic E-state index is 12.3. The van der Waals surface area contributed by atoms with E-state index in [1.54, 1.807) is 0 Å². The highest BCUT2D eigenvalue weighted by Gasteiger charge is 2.34. The van der Waals surface area contributed by atoms with Crippen LogP contribution in [0.15, 0.2) is 18.2 Å². The molecule has 0 aliphatic carbocycles. The van der Waals surface area contributed by atoms with E-state index in [1.807, 2.05) is 0 Å². The SMILES string of the molecule is CC(=O)c1ccc2nc(C(F)(F)F)[nH]c2c1. The fraction of sp³-hybridized carbons (Fsp3) is 0.200. The summed E-state index contributed by atoms with van der Waals surface area (Å²) in [5.41, 5.74) is 0.752. The van der Waals surface area contributed by atoms with Crippen molar-refractivity contribution in [3.63, 3.8) is 0 Å². The van der Waals surface area contributed by atoms with E-state index in [4.69, 9.17) is 0 Å². The number of imidazole rings is 1. The predicted octanol–water partition coefficient (Wildman–Crippen LogP) is 2.78. The summed E-state index contributed by atoms with van der Waals surface area (Å²) in [5, 5.41) is 0. The molecule has 84 valence electrons. The first-order chi connectivity index (χ1) is 7.38. The third-order valence-corrected chi connectivity index (χ3v) is 2.16. The Hall–Kier alpha value is -1.85. The summed E-state index contributed by atoms with van der Waals surface area (Å²) >= 11 is 0. The van der Waals surface area contributed by atoms with Crippen LogP contribution in [0, 0.1) is 0 Å². The average molecular weight is 228 g/mol. The maximum Gasteiger partial charge on any atom is 0.449 e. The first-order valence-corrected chi connectivity index (χ1v) is 4.46. The molecule has 16 heavy (non-hydrogen) atoms. The van der Waals surface area contributed by atoms with E-state index in [2.05, 4.69) is 9.97 Å². The number of aromatic amines is 1. The van der Waals surface area contributed by atoms with Gasteiger partial charge in [0.2, 0.25) is 5.82 Å². The number of hydrogen-bond donors (Lipinski definition) is 1. The monoisotopic (exact) mass is 228 g/mol. The van der Waals surface area contributed by atoms with Gasteiger partial charge in [-0.3, -0.25) is 4.79 Å². The van der Waals surface area contributed by atoms with Crippen molar-refractivity contribution >= 4 is 16.8 Å². The second-order valence-corrected chi connectivity index (χ2v) is 3.37. The van der Waals surface area contributed by atoms with Gasteiger partial charge in [-0.25, -0.2) is 4.98 Å². The molecule has 0 aliphatic rings. The molecule has 0 bridgehead atoms. The van der Waals surface area contributed by atoms with Crippen molar-refractivity contribution in [1.29, 1.82) is 0 Å². The summed E-state index contributed by atoms with van der Waals surface area (Å²) in [4.78, 5) is 16.6. The molecule has 0 spiro atoms. The number of fused-ring (bicyclic) bond motifs is 1. The molecule has 0 saturated carbocycles. The van der Waals surface area contributed by atoms with E-state index in [-0.39, 0.29) is 16.8 Å². The zero-order chi connectivity index (χ0) is 11.9. The number of alkyl halides is 3. The van der Waals surface area contributed by atoms with E-state index in [0.717, 1.165) is 0 Å². The Morgan fingerprint density at radius 2 is 2.06 bits per heavy atom. The highest BCUT2D eigenvalue weighted by molar-refractivity contribution is 5.97. The maximum atomic E-state index is 12.3. The lowest BCUT2D eigenvalue weighted by Gasteiger charge is -1.99. The van der Waals surface area contributed by atoms with Crippen molar-refractivity contribution in [3.8, 4) is 0 Å². The molecule has 1 heterocycles. The minimum absolute atomic E-state index is 0.192. The van der Waals surface area contributed by atoms with Gasteiger partial charge >= 0.3 is 6.18 Å². The van der Waals surface area contributed by atoms with Gasteiger partial charge < -0.3 is 4.98 Å². The van der Waals surface area contributed by atoms with Crippen LogP contribution in [0.5, 0.6) is 0 Å². The van der Waals surface area contributed by atoms with Crippen LogP contribution < -0.4 is 0 Å². The minimum atomic E-state index is -4.50. The topological polar surface area (TPSA) is 45.8 Å². The Bertz CT molecular complexity index is 557. The van der Waals surface area contributed by atoms with Crippen molar-refractivity contribution in [1.82, 2.24) is 9.97 Å². The van der Waals surface area contributed by atoms with Crippen molar-refractivity contribution < 1.29 is 18.0 Å². The minimum Gasteiger partial charge on any atom is -0.334 e. The molecule has 1 aromatic heterocycles. The zero-order valence-electron chi connectivity index (χ0n) is 8.22. The van der Waals surface area contributed by atoms with Crippen molar-refractivity contribution in [3.05, 3.63) is 29.6 Å². The van der Waals surface area contributed by atoms with Gasteiger partial charge in [-0.15, -0.1) is 0 Å². The summed E-state index contributed by atoms with van der Waals surface area (Å²) in [6, 6.07) is 4.20. The number of hydrogen-bond acceptors (Lipinski definition) is 2. The zero-order valence-corrected chi connectivity index (χ0v) is 8.22. The quantitative estimate of drug-likeness (QED) is 0.763. The molecule has 1 aromatic carbocycles. The number of Topliss-reactive ketones (excluding diaryl/α,β-unsaturated/α-hetero) is 1. The van der Waals surface area contributed by atoms with E-state index < -0.39 is 12.0 Å². The van der Waals surface area contributed by atoms with Gasteiger partial charge in [0.15, 0.2) is 5.78 Å². The van der Waals surface area contributed by atoms with Gasteiger partial charge in [-0.1, -0.05) is 0 Å². The molecule has 3 nitrogen and oxygen atoms in total. The third-order valence-electron chi connectivity index (χ3n) is 2.16. The summed E-state index contributed by atoms with van der Waals surface area (Å²) in [6.45, 7) is 1.35. The number of halogens is 3. The Kier molecular flexibility index (Phi) is 2.22. The first-order valence-electron chi connectivity index (χ1n) is 4.46. The first kappa shape index (κ1) is 10.7. The molecule has 6 heteroatoms. The van der Waals surface area contributed by atoms with Gasteiger partial charge in [0.05, 0.1) is 11.0 Å². The lowest BCUT2D eigenvalue weighted by molar-refractivity contribution is -0.144.